The van der Waals surface area contributed by atoms with E-state index in [4.69, 9.17) is 49.3 Å². The average Bonchev–Trinajstić information content (AvgIpc) is 4.11. The first-order valence-electron chi connectivity index (χ1n) is 26.6. The third-order valence-corrected chi connectivity index (χ3v) is 17.0. The lowest BCUT2D eigenvalue weighted by Crippen LogP contribution is -2.48. The molecule has 0 saturated heterocycles. The molecular formula is C59H59Cl3N9O3+3. The highest BCUT2D eigenvalue weighted by atomic mass is 35.5. The molecule has 18 bridgehead atoms. The molecule has 0 saturated carbocycles. The first-order chi connectivity index (χ1) is 36.3. The number of aryl methyl sites for hydroxylation is 6. The van der Waals surface area contributed by atoms with Gasteiger partial charge in [0.1, 0.15) is 18.1 Å². The Balaban J connectivity index is 0.849. The van der Waals surface area contributed by atoms with Crippen molar-refractivity contribution in [2.45, 2.75) is 83.5 Å². The zero-order valence-corrected chi connectivity index (χ0v) is 43.7. The van der Waals surface area contributed by atoms with Crippen LogP contribution < -0.4 is 58.5 Å². The number of benzene rings is 4. The van der Waals surface area contributed by atoms with Crippen molar-refractivity contribution in [3.05, 3.63) is 164 Å². The van der Waals surface area contributed by atoms with Crippen molar-refractivity contribution >= 4 is 80.6 Å². The SMILES string of the molecule is Clc1cc2c3c(c1)N(CCCc1cc4ccc1CCCN1CN5c6c(cc(Cl)cc61)O[n+]1ccc(cc15)CCC(CCCc1ccc[n+](c1)O2)CCc1cc[n+]2c(c1)N1CN(CCC4)c4cc(Cl)cc(c41)O2)CN3. The van der Waals surface area contributed by atoms with Crippen LogP contribution in [0.15, 0.2) is 116 Å². The Bertz CT molecular complexity index is 3370. The van der Waals surface area contributed by atoms with Gasteiger partial charge >= 0.3 is 11.6 Å². The van der Waals surface area contributed by atoms with Crippen LogP contribution in [0.1, 0.15) is 78.3 Å². The van der Waals surface area contributed by atoms with E-state index in [0.29, 0.717) is 27.7 Å². The van der Waals surface area contributed by atoms with E-state index < -0.39 is 0 Å². The molecule has 7 aromatic rings. The van der Waals surface area contributed by atoms with Gasteiger partial charge < -0.3 is 20.0 Å². The maximum Gasteiger partial charge on any atom is 0.323 e. The van der Waals surface area contributed by atoms with Gasteiger partial charge in [0.15, 0.2) is 13.3 Å². The molecule has 12 nitrogen and oxygen atoms in total. The number of hydrogen-bond acceptors (Lipinski definition) is 9. The van der Waals surface area contributed by atoms with Gasteiger partial charge in [0.2, 0.25) is 41.0 Å². The number of fused-ring (bicyclic) bond motifs is 6. The number of anilines is 8. The van der Waals surface area contributed by atoms with Crippen molar-refractivity contribution in [3.8, 4) is 17.2 Å². The summed E-state index contributed by atoms with van der Waals surface area (Å²) in [7, 11) is 0. The van der Waals surface area contributed by atoms with Crippen LogP contribution in [0.5, 0.6) is 17.2 Å². The van der Waals surface area contributed by atoms with Crippen molar-refractivity contribution in [2.24, 2.45) is 5.92 Å². The highest BCUT2D eigenvalue weighted by Crippen LogP contribution is 2.51. The van der Waals surface area contributed by atoms with Crippen LogP contribution in [0.3, 0.4) is 0 Å². The summed E-state index contributed by atoms with van der Waals surface area (Å²) in [6.45, 7) is 4.84. The van der Waals surface area contributed by atoms with E-state index in [1.165, 1.54) is 33.4 Å². The van der Waals surface area contributed by atoms with E-state index in [1.54, 1.807) is 0 Å². The number of nitrogens with zero attached hydrogens (tertiary/aromatic N) is 8. The predicted molar refractivity (Wildman–Crippen MR) is 291 cm³/mol. The van der Waals surface area contributed by atoms with Crippen LogP contribution in [-0.2, 0) is 38.5 Å². The largest absolute Gasteiger partial charge is 0.363 e. The van der Waals surface area contributed by atoms with Crippen molar-refractivity contribution < 1.29 is 28.7 Å². The molecule has 376 valence electrons. The molecule has 4 aromatic carbocycles. The molecule has 8 aliphatic rings. The minimum Gasteiger partial charge on any atom is -0.363 e. The van der Waals surface area contributed by atoms with Crippen LogP contribution in [0.25, 0.3) is 0 Å². The smallest absolute Gasteiger partial charge is 0.323 e. The number of nitrogens with one attached hydrogen (secondary N) is 1. The molecule has 11 heterocycles. The van der Waals surface area contributed by atoms with Gasteiger partial charge in [-0.3, -0.25) is 9.68 Å². The summed E-state index contributed by atoms with van der Waals surface area (Å²) in [5, 5.41) is 5.69. The first-order valence-corrected chi connectivity index (χ1v) is 27.7. The second kappa shape index (κ2) is 19.0. The monoisotopic (exact) mass is 1050 g/mol. The quantitative estimate of drug-likeness (QED) is 0.150. The van der Waals surface area contributed by atoms with Crippen LogP contribution in [0.4, 0.5) is 45.8 Å². The summed E-state index contributed by atoms with van der Waals surface area (Å²) in [4.78, 5) is 32.0. The zero-order valence-electron chi connectivity index (χ0n) is 41.4. The molecule has 8 aliphatic heterocycles. The summed E-state index contributed by atoms with van der Waals surface area (Å²) in [5.41, 5.74) is 14.6. The summed E-state index contributed by atoms with van der Waals surface area (Å²) >= 11 is 20.6. The second-order valence-electron chi connectivity index (χ2n) is 21.1. The Morgan fingerprint density at radius 1 is 0.486 bits per heavy atom. The van der Waals surface area contributed by atoms with Crippen molar-refractivity contribution in [2.75, 3.05) is 69.5 Å². The molecule has 15 rings (SSSR count). The summed E-state index contributed by atoms with van der Waals surface area (Å²) < 4.78 is 5.68. The number of rotatable bonds is 0. The van der Waals surface area contributed by atoms with Gasteiger partial charge in [-0.1, -0.05) is 59.4 Å². The van der Waals surface area contributed by atoms with Gasteiger partial charge in [0, 0.05) is 81.4 Å². The summed E-state index contributed by atoms with van der Waals surface area (Å²) in [6.07, 6.45) is 21.3. The minimum absolute atomic E-state index is 0.489. The van der Waals surface area contributed by atoms with Crippen LogP contribution in [-0.4, -0.2) is 39.6 Å². The van der Waals surface area contributed by atoms with E-state index in [0.717, 1.165) is 179 Å². The van der Waals surface area contributed by atoms with Crippen LogP contribution in [0, 0.1) is 5.92 Å². The molecule has 1 atom stereocenters. The second-order valence-corrected chi connectivity index (χ2v) is 22.4. The maximum atomic E-state index is 6.88. The molecule has 0 spiro atoms. The predicted octanol–water partition coefficient (Wildman–Crippen LogP) is 11.4. The third kappa shape index (κ3) is 8.62. The van der Waals surface area contributed by atoms with Gasteiger partial charge in [-0.25, -0.2) is 14.6 Å². The van der Waals surface area contributed by atoms with Gasteiger partial charge in [-0.2, -0.15) is 0 Å². The fourth-order valence-electron chi connectivity index (χ4n) is 12.6. The molecule has 74 heavy (non-hydrogen) atoms. The van der Waals surface area contributed by atoms with E-state index in [1.807, 2.05) is 38.6 Å². The minimum atomic E-state index is 0.489. The summed E-state index contributed by atoms with van der Waals surface area (Å²) in [6, 6.07) is 32.9. The van der Waals surface area contributed by atoms with Crippen LogP contribution >= 0.6 is 34.8 Å². The highest BCUT2D eigenvalue weighted by molar-refractivity contribution is 6.32. The lowest BCUT2D eigenvalue weighted by molar-refractivity contribution is -0.875. The molecule has 1 unspecified atom stereocenters. The molecule has 0 aliphatic carbocycles. The fourth-order valence-corrected chi connectivity index (χ4v) is 13.2. The molecule has 3 aromatic heterocycles. The van der Waals surface area contributed by atoms with E-state index in [9.17, 15) is 0 Å². The molecule has 0 radical (unpaired) electrons. The van der Waals surface area contributed by atoms with E-state index >= 15 is 0 Å². The molecule has 1 N–H and O–H groups in total. The third-order valence-electron chi connectivity index (χ3n) is 16.3. The normalized spacial score (nSPS) is 18.7. The number of halogens is 3. The maximum absolute atomic E-state index is 6.88. The van der Waals surface area contributed by atoms with Crippen molar-refractivity contribution in [1.29, 1.82) is 0 Å². The Morgan fingerprint density at radius 3 is 1.74 bits per heavy atom. The molecule has 0 fully saturated rings. The number of aromatic nitrogens is 3. The molecule has 15 heteroatoms. The van der Waals surface area contributed by atoms with Gasteiger partial charge in [-0.05, 0) is 157 Å². The van der Waals surface area contributed by atoms with E-state index in [2.05, 4.69) is 121 Å². The first kappa shape index (κ1) is 46.0. The number of pyridine rings is 3. The van der Waals surface area contributed by atoms with Crippen molar-refractivity contribution in [1.82, 2.24) is 0 Å². The van der Waals surface area contributed by atoms with Gasteiger partial charge in [0.25, 0.3) is 0 Å². The Morgan fingerprint density at radius 2 is 1.07 bits per heavy atom. The Kier molecular flexibility index (Phi) is 11.8. The highest BCUT2D eigenvalue weighted by Gasteiger charge is 2.45. The lowest BCUT2D eigenvalue weighted by atomic mass is 9.88. The van der Waals surface area contributed by atoms with Crippen molar-refractivity contribution in [3.63, 3.8) is 0 Å². The molecule has 0 amide bonds. The van der Waals surface area contributed by atoms with Gasteiger partial charge in [-0.15, -0.1) is 0 Å². The van der Waals surface area contributed by atoms with E-state index in [-0.39, 0.29) is 0 Å². The Labute approximate surface area is 447 Å². The standard InChI is InChI=1S/C59H59Cl3N9O3/c60-46-29-49-57-52(32-46)72-67-23-3-9-43(35-67)7-1-6-39-12-14-41-18-24-70-55(27-41)68-37-65(50-30-47(61)33-53(73-70)58(50)68)21-2-8-40-16-17-44(45(26-40)11-5-20-64(49)36-63-57)10-4-22-66-38-69-56-28-42(15-13-39)19-25-71(56)74-54-34-48(62)31-51(66)59(54)69/h3,9,16-19,23-35,39,63H,1-2,4-8,10-15,20-22,36-38H2/q+3. The topological polar surface area (TPSA) is 67.6 Å². The Hall–Kier alpha value is -6.60. The number of hydrogen-bond donors (Lipinski definition) is 1. The van der Waals surface area contributed by atoms with Crippen LogP contribution in [0.2, 0.25) is 15.1 Å². The fraction of sp³-hybridized carbons (Fsp3) is 0.339. The lowest BCUT2D eigenvalue weighted by Gasteiger charge is -2.22. The summed E-state index contributed by atoms with van der Waals surface area (Å²) in [5.74, 6) is 4.90. The van der Waals surface area contributed by atoms with Gasteiger partial charge in [0.05, 0.1) is 23.7 Å². The average molecular weight is 1050 g/mol. The molecular weight excluding hydrogens is 989 g/mol. The zero-order chi connectivity index (χ0) is 49.4.